The lowest BCUT2D eigenvalue weighted by atomic mass is 9.33. The van der Waals surface area contributed by atoms with Crippen molar-refractivity contribution in [3.63, 3.8) is 0 Å². The lowest BCUT2D eigenvalue weighted by Crippen LogP contribution is -2.61. The first-order valence-electron chi connectivity index (χ1n) is 25.3. The minimum Gasteiger partial charge on any atom is -0.311 e. The predicted molar refractivity (Wildman–Crippen MR) is 278 cm³/mol. The topological polar surface area (TPSA) is 6.48 Å². The summed E-state index contributed by atoms with van der Waals surface area (Å²) >= 11 is 0. The van der Waals surface area contributed by atoms with Crippen LogP contribution in [0.5, 0.6) is 0 Å². The summed E-state index contributed by atoms with van der Waals surface area (Å²) in [6, 6.07) is 46.7. The molecule has 0 fully saturated rings. The molecule has 0 radical (unpaired) electrons. The molecule has 6 aromatic rings. The van der Waals surface area contributed by atoms with E-state index < -0.39 is 0 Å². The normalized spacial score (nSPS) is 12.7. The van der Waals surface area contributed by atoms with Crippen molar-refractivity contribution in [1.29, 1.82) is 0 Å². The van der Waals surface area contributed by atoms with Crippen LogP contribution in [0.15, 0.2) is 115 Å². The highest BCUT2D eigenvalue weighted by Gasteiger charge is 2.43. The first-order chi connectivity index (χ1) is 31.0. The standard InChI is InChI=1S/C60H73BN2/c1-7-13-20-44-28-33-51(34-29-44)62-56-36-31-46(22-15-9-3)42-53(56)61-54-43-47(23-16-10-4)32-37-57(54)63(59-27-19-26-58(62)60(59)61)55-35-30-45(21-14-8-2)41-52(55)50-39-48(24-17-11-5)38-49(40-50)25-18-12-6/h19,26-43H,7-18,20-25H2,1-6H3. The van der Waals surface area contributed by atoms with E-state index in [1.165, 1.54) is 172 Å². The predicted octanol–water partition coefficient (Wildman–Crippen LogP) is 15.5. The lowest BCUT2D eigenvalue weighted by molar-refractivity contribution is 0.781. The lowest BCUT2D eigenvalue weighted by Gasteiger charge is -2.44. The highest BCUT2D eigenvalue weighted by atomic mass is 15.2. The van der Waals surface area contributed by atoms with Crippen molar-refractivity contribution in [2.24, 2.45) is 0 Å². The highest BCUT2D eigenvalue weighted by Crippen LogP contribution is 2.47. The third-order valence-corrected chi connectivity index (χ3v) is 13.9. The van der Waals surface area contributed by atoms with Crippen molar-refractivity contribution >= 4 is 57.2 Å². The van der Waals surface area contributed by atoms with Crippen LogP contribution in [0.3, 0.4) is 0 Å². The van der Waals surface area contributed by atoms with E-state index in [2.05, 4.69) is 167 Å². The van der Waals surface area contributed by atoms with Crippen LogP contribution in [0.2, 0.25) is 0 Å². The molecule has 6 aromatic carbocycles. The van der Waals surface area contributed by atoms with Gasteiger partial charge in [0.1, 0.15) is 0 Å². The van der Waals surface area contributed by atoms with E-state index in [9.17, 15) is 0 Å². The van der Waals surface area contributed by atoms with E-state index in [0.29, 0.717) is 0 Å². The number of hydrogen-bond donors (Lipinski definition) is 0. The summed E-state index contributed by atoms with van der Waals surface area (Å²) in [6.45, 7) is 14.0. The van der Waals surface area contributed by atoms with Gasteiger partial charge in [-0.1, -0.05) is 147 Å². The minimum absolute atomic E-state index is 0.131. The van der Waals surface area contributed by atoms with Gasteiger partial charge in [-0.3, -0.25) is 0 Å². The molecule has 2 aliphatic heterocycles. The zero-order chi connectivity index (χ0) is 43.7. The summed E-state index contributed by atoms with van der Waals surface area (Å²) in [5.41, 5.74) is 23.5. The third-order valence-electron chi connectivity index (χ3n) is 13.9. The molecule has 8 rings (SSSR count). The summed E-state index contributed by atoms with van der Waals surface area (Å²) < 4.78 is 0. The third kappa shape index (κ3) is 9.60. The molecule has 0 aliphatic carbocycles. The van der Waals surface area contributed by atoms with Gasteiger partial charge in [-0.25, -0.2) is 0 Å². The summed E-state index contributed by atoms with van der Waals surface area (Å²) in [5, 5.41) is 0. The van der Waals surface area contributed by atoms with Crippen molar-refractivity contribution in [3.05, 3.63) is 149 Å². The van der Waals surface area contributed by atoms with Gasteiger partial charge >= 0.3 is 0 Å². The summed E-state index contributed by atoms with van der Waals surface area (Å²) in [7, 11) is 0. The maximum absolute atomic E-state index is 2.68. The Morgan fingerprint density at radius 3 is 1.27 bits per heavy atom. The van der Waals surface area contributed by atoms with Crippen LogP contribution in [0, 0.1) is 0 Å². The Kier molecular flexibility index (Phi) is 14.9. The van der Waals surface area contributed by atoms with Gasteiger partial charge in [0.05, 0.1) is 5.69 Å². The summed E-state index contributed by atoms with van der Waals surface area (Å²) in [4.78, 5) is 5.27. The van der Waals surface area contributed by atoms with Crippen molar-refractivity contribution in [2.75, 3.05) is 9.80 Å². The summed E-state index contributed by atoms with van der Waals surface area (Å²) in [6.07, 6.45) is 21.2. The second kappa shape index (κ2) is 21.1. The number of fused-ring (bicyclic) bond motifs is 4. The molecular formula is C60H73BN2. The van der Waals surface area contributed by atoms with E-state index >= 15 is 0 Å². The number of aryl methyl sites for hydroxylation is 6. The fourth-order valence-electron chi connectivity index (χ4n) is 10.4. The maximum atomic E-state index is 2.68. The molecule has 2 nitrogen and oxygen atoms in total. The molecule has 0 bridgehead atoms. The zero-order valence-electron chi connectivity index (χ0n) is 39.7. The first-order valence-corrected chi connectivity index (χ1v) is 25.3. The van der Waals surface area contributed by atoms with Crippen molar-refractivity contribution < 1.29 is 0 Å². The Balaban J connectivity index is 1.39. The van der Waals surface area contributed by atoms with Crippen molar-refractivity contribution in [2.45, 2.75) is 157 Å². The van der Waals surface area contributed by atoms with E-state index in [1.54, 1.807) is 0 Å². The van der Waals surface area contributed by atoms with Crippen LogP contribution in [-0.2, 0) is 38.5 Å². The van der Waals surface area contributed by atoms with Gasteiger partial charge in [-0.05, 0) is 181 Å². The van der Waals surface area contributed by atoms with Crippen molar-refractivity contribution in [3.8, 4) is 11.1 Å². The van der Waals surface area contributed by atoms with Crippen LogP contribution in [0.25, 0.3) is 11.1 Å². The number of anilines is 6. The molecule has 0 amide bonds. The molecule has 2 heterocycles. The van der Waals surface area contributed by atoms with Gasteiger partial charge < -0.3 is 9.80 Å². The van der Waals surface area contributed by atoms with Crippen LogP contribution in [0.4, 0.5) is 34.1 Å². The van der Waals surface area contributed by atoms with Gasteiger partial charge in [-0.15, -0.1) is 0 Å². The number of rotatable bonds is 21. The number of hydrogen-bond acceptors (Lipinski definition) is 2. The Labute approximate surface area is 382 Å². The van der Waals surface area contributed by atoms with Crippen LogP contribution in [0.1, 0.15) is 152 Å². The Morgan fingerprint density at radius 1 is 0.349 bits per heavy atom. The molecule has 3 heteroatoms. The Hall–Kier alpha value is -5.02. The quantitative estimate of drug-likeness (QED) is 0.0666. The number of unbranched alkanes of at least 4 members (excludes halogenated alkanes) is 6. The second-order valence-electron chi connectivity index (χ2n) is 18.8. The zero-order valence-corrected chi connectivity index (χ0v) is 39.7. The molecule has 0 saturated carbocycles. The molecule has 2 aliphatic rings. The largest absolute Gasteiger partial charge is 0.311 e. The number of benzene rings is 6. The van der Waals surface area contributed by atoms with Crippen molar-refractivity contribution in [1.82, 2.24) is 0 Å². The van der Waals surface area contributed by atoms with Crippen LogP contribution >= 0.6 is 0 Å². The van der Waals surface area contributed by atoms with E-state index in [-0.39, 0.29) is 6.71 Å². The second-order valence-corrected chi connectivity index (χ2v) is 18.8. The molecule has 63 heavy (non-hydrogen) atoms. The molecule has 326 valence electrons. The fraction of sp³-hybridized carbons (Fsp3) is 0.400. The van der Waals surface area contributed by atoms with Gasteiger partial charge in [0.25, 0.3) is 6.71 Å². The molecule has 0 saturated heterocycles. The monoisotopic (exact) mass is 833 g/mol. The van der Waals surface area contributed by atoms with Crippen LogP contribution < -0.4 is 26.2 Å². The molecule has 0 unspecified atom stereocenters. The van der Waals surface area contributed by atoms with E-state index in [0.717, 1.165) is 38.5 Å². The van der Waals surface area contributed by atoms with Crippen LogP contribution in [-0.4, -0.2) is 6.71 Å². The average molecular weight is 833 g/mol. The van der Waals surface area contributed by atoms with Gasteiger partial charge in [-0.2, -0.15) is 0 Å². The highest BCUT2D eigenvalue weighted by molar-refractivity contribution is 7.00. The Bertz CT molecular complexity index is 2430. The SMILES string of the molecule is CCCCc1ccc(N2c3ccc(CCCC)cc3B3c4cc(CCCC)ccc4N(c4ccc(CCCC)cc4-c4cc(CCCC)cc(CCCC)c4)c4cccc2c43)cc1. The van der Waals surface area contributed by atoms with Gasteiger partial charge in [0, 0.05) is 34.0 Å². The van der Waals surface area contributed by atoms with Gasteiger partial charge in [0.2, 0.25) is 0 Å². The minimum atomic E-state index is 0.131. The molecular weight excluding hydrogens is 759 g/mol. The molecule has 0 N–H and O–H groups in total. The van der Waals surface area contributed by atoms with Gasteiger partial charge in [0.15, 0.2) is 0 Å². The molecule has 0 aromatic heterocycles. The average Bonchev–Trinajstić information content (AvgIpc) is 3.32. The fourth-order valence-corrected chi connectivity index (χ4v) is 10.4. The Morgan fingerprint density at radius 2 is 0.762 bits per heavy atom. The summed E-state index contributed by atoms with van der Waals surface area (Å²) in [5.74, 6) is 0. The molecule has 0 spiro atoms. The van der Waals surface area contributed by atoms with E-state index in [1.807, 2.05) is 0 Å². The maximum Gasteiger partial charge on any atom is 0.252 e. The van der Waals surface area contributed by atoms with E-state index in [4.69, 9.17) is 0 Å². The number of nitrogens with zero attached hydrogens (tertiary/aromatic N) is 2. The molecule has 0 atom stereocenters. The first kappa shape index (κ1) is 44.6. The smallest absolute Gasteiger partial charge is 0.252 e.